The third-order valence-electron chi connectivity index (χ3n) is 4.81. The first-order chi connectivity index (χ1) is 10.1. The fourth-order valence-electron chi connectivity index (χ4n) is 3.65. The van der Waals surface area contributed by atoms with Crippen molar-refractivity contribution in [1.82, 2.24) is 10.2 Å². The van der Waals surface area contributed by atoms with Crippen LogP contribution in [0, 0.1) is 17.1 Å². The number of rotatable bonds is 2. The second kappa shape index (κ2) is 5.13. The molecule has 5 heteroatoms. The third kappa shape index (κ3) is 2.11. The van der Waals surface area contributed by atoms with Gasteiger partial charge in [0.1, 0.15) is 11.4 Å². The maximum atomic E-state index is 13.2. The van der Waals surface area contributed by atoms with Gasteiger partial charge in [-0.15, -0.1) is 0 Å². The van der Waals surface area contributed by atoms with Crippen molar-refractivity contribution in [3.05, 3.63) is 35.6 Å². The number of carbonyl (C=O) groups is 1. The molecule has 0 aromatic heterocycles. The first-order valence-electron chi connectivity index (χ1n) is 7.46. The van der Waals surface area contributed by atoms with Gasteiger partial charge in [0, 0.05) is 7.05 Å². The minimum Gasteiger partial charge on any atom is -0.338 e. The Balaban J connectivity index is 2.08. The average molecular weight is 289 g/mol. The lowest BCUT2D eigenvalue weighted by molar-refractivity contribution is -0.133. The zero-order valence-electron chi connectivity index (χ0n) is 12.2. The van der Waals surface area contributed by atoms with Crippen molar-refractivity contribution in [1.29, 1.82) is 5.41 Å². The van der Waals surface area contributed by atoms with Gasteiger partial charge in [-0.25, -0.2) is 4.39 Å². The first-order valence-corrected chi connectivity index (χ1v) is 7.46. The molecule has 1 aromatic carbocycles. The minimum absolute atomic E-state index is 0.106. The molecule has 1 amide bonds. The fraction of sp³-hybridized carbons (Fsp3) is 0.500. The summed E-state index contributed by atoms with van der Waals surface area (Å²) in [4.78, 5) is 14.2. The number of nitrogens with one attached hydrogen (secondary N) is 2. The van der Waals surface area contributed by atoms with Crippen LogP contribution in [0.1, 0.15) is 37.7 Å². The highest BCUT2D eigenvalue weighted by Gasteiger charge is 2.54. The van der Waals surface area contributed by atoms with Gasteiger partial charge >= 0.3 is 0 Å². The van der Waals surface area contributed by atoms with E-state index in [4.69, 9.17) is 5.41 Å². The summed E-state index contributed by atoms with van der Waals surface area (Å²) < 4.78 is 13.2. The van der Waals surface area contributed by atoms with Crippen molar-refractivity contribution in [2.24, 2.45) is 5.92 Å². The van der Waals surface area contributed by atoms with Gasteiger partial charge in [0.05, 0.1) is 0 Å². The van der Waals surface area contributed by atoms with E-state index >= 15 is 0 Å². The Morgan fingerprint density at radius 2 is 1.86 bits per heavy atom. The fourth-order valence-corrected chi connectivity index (χ4v) is 3.65. The van der Waals surface area contributed by atoms with Crippen LogP contribution in [-0.4, -0.2) is 23.8 Å². The monoisotopic (exact) mass is 289 g/mol. The second-order valence-corrected chi connectivity index (χ2v) is 5.99. The van der Waals surface area contributed by atoms with Crippen LogP contribution < -0.4 is 5.32 Å². The Bertz CT molecular complexity index is 565. The lowest BCUT2D eigenvalue weighted by Crippen LogP contribution is -2.50. The molecule has 0 radical (unpaired) electrons. The highest BCUT2D eigenvalue weighted by Crippen LogP contribution is 2.42. The summed E-state index contributed by atoms with van der Waals surface area (Å²) in [5.74, 6) is -0.151. The topological polar surface area (TPSA) is 56.2 Å². The van der Waals surface area contributed by atoms with E-state index in [0.29, 0.717) is 0 Å². The van der Waals surface area contributed by atoms with E-state index in [1.54, 1.807) is 19.2 Å². The van der Waals surface area contributed by atoms with E-state index in [-0.39, 0.29) is 23.6 Å². The number of hydrogen-bond donors (Lipinski definition) is 2. The van der Waals surface area contributed by atoms with E-state index in [2.05, 4.69) is 5.32 Å². The van der Waals surface area contributed by atoms with Crippen LogP contribution in [0.3, 0.4) is 0 Å². The normalized spacial score (nSPS) is 27.0. The lowest BCUT2D eigenvalue weighted by atomic mass is 9.71. The molecule has 0 spiro atoms. The van der Waals surface area contributed by atoms with Crippen molar-refractivity contribution in [3.63, 3.8) is 0 Å². The Labute approximate surface area is 123 Å². The van der Waals surface area contributed by atoms with Gasteiger partial charge in [-0.05, 0) is 36.5 Å². The van der Waals surface area contributed by atoms with Crippen LogP contribution in [0.2, 0.25) is 0 Å². The molecular weight excluding hydrogens is 269 g/mol. The Morgan fingerprint density at radius 1 is 1.24 bits per heavy atom. The molecule has 21 heavy (non-hydrogen) atoms. The molecular formula is C16H20FN3O. The largest absolute Gasteiger partial charge is 0.338 e. The van der Waals surface area contributed by atoms with Crippen molar-refractivity contribution in [2.45, 2.75) is 37.6 Å². The Kier molecular flexibility index (Phi) is 3.43. The number of carbonyl (C=O) groups excluding carboxylic acids is 1. The number of nitrogens with zero attached hydrogens (tertiary/aromatic N) is 1. The highest BCUT2D eigenvalue weighted by molar-refractivity contribution is 6.08. The van der Waals surface area contributed by atoms with Gasteiger partial charge in [-0.1, -0.05) is 31.4 Å². The second-order valence-electron chi connectivity index (χ2n) is 5.99. The summed E-state index contributed by atoms with van der Waals surface area (Å²) in [5, 5.41) is 11.1. The van der Waals surface area contributed by atoms with Crippen LogP contribution in [-0.2, 0) is 10.3 Å². The number of benzene rings is 1. The summed E-state index contributed by atoms with van der Waals surface area (Å²) >= 11 is 0. The summed E-state index contributed by atoms with van der Waals surface area (Å²) in [6, 6.07) is 6.11. The van der Waals surface area contributed by atoms with Crippen LogP contribution in [0.4, 0.5) is 4.39 Å². The Morgan fingerprint density at radius 3 is 2.38 bits per heavy atom. The molecule has 1 aliphatic carbocycles. The third-order valence-corrected chi connectivity index (χ3v) is 4.81. The summed E-state index contributed by atoms with van der Waals surface area (Å²) in [6.07, 6.45) is 5.30. The van der Waals surface area contributed by atoms with Crippen LogP contribution in [0.25, 0.3) is 0 Å². The molecule has 0 bridgehead atoms. The Hall–Kier alpha value is -1.91. The number of amides is 1. The van der Waals surface area contributed by atoms with Crippen LogP contribution in [0.5, 0.6) is 0 Å². The van der Waals surface area contributed by atoms with Gasteiger partial charge in [0.15, 0.2) is 5.96 Å². The molecule has 1 heterocycles. The molecule has 1 aromatic rings. The summed E-state index contributed by atoms with van der Waals surface area (Å²) in [6.45, 7) is 0. The first kappa shape index (κ1) is 14.0. The average Bonchev–Trinajstić information content (AvgIpc) is 2.74. The predicted octanol–water partition coefficient (Wildman–Crippen LogP) is 2.60. The van der Waals surface area contributed by atoms with Crippen molar-refractivity contribution in [3.8, 4) is 0 Å². The number of hydrogen-bond acceptors (Lipinski definition) is 2. The van der Waals surface area contributed by atoms with E-state index in [1.807, 2.05) is 0 Å². The maximum Gasteiger partial charge on any atom is 0.259 e. The lowest BCUT2D eigenvalue weighted by Gasteiger charge is -2.38. The molecule has 3 rings (SSSR count). The maximum absolute atomic E-state index is 13.2. The molecule has 4 nitrogen and oxygen atoms in total. The SMILES string of the molecule is CN1C(=N)NC(c2ccc(F)cc2)(C2CCCCC2)C1=O. The van der Waals surface area contributed by atoms with Gasteiger partial charge in [-0.2, -0.15) is 0 Å². The number of guanidine groups is 1. The number of likely N-dealkylation sites (N-methyl/N-ethyl adjacent to an activating group) is 1. The van der Waals surface area contributed by atoms with E-state index in [1.165, 1.54) is 23.5 Å². The zero-order valence-corrected chi connectivity index (χ0v) is 12.2. The molecule has 1 unspecified atom stereocenters. The van der Waals surface area contributed by atoms with Gasteiger partial charge in [0.2, 0.25) is 0 Å². The molecule has 2 aliphatic rings. The minimum atomic E-state index is -0.903. The van der Waals surface area contributed by atoms with Crippen molar-refractivity contribution < 1.29 is 9.18 Å². The van der Waals surface area contributed by atoms with E-state index in [9.17, 15) is 9.18 Å². The molecule has 1 saturated carbocycles. The number of halogens is 1. The molecule has 1 atom stereocenters. The zero-order chi connectivity index (χ0) is 15.0. The molecule has 1 saturated heterocycles. The van der Waals surface area contributed by atoms with Gasteiger partial charge in [-0.3, -0.25) is 15.1 Å². The van der Waals surface area contributed by atoms with Crippen LogP contribution in [0.15, 0.2) is 24.3 Å². The van der Waals surface area contributed by atoms with Crippen molar-refractivity contribution >= 4 is 11.9 Å². The quantitative estimate of drug-likeness (QED) is 0.879. The molecule has 1 aliphatic heterocycles. The highest BCUT2D eigenvalue weighted by atomic mass is 19.1. The van der Waals surface area contributed by atoms with Gasteiger partial charge in [0.25, 0.3) is 5.91 Å². The standard InChI is InChI=1S/C16H20FN3O/c1-20-14(21)16(19-15(20)18,11-5-3-2-4-6-11)12-7-9-13(17)10-8-12/h7-11H,2-6H2,1H3,(H2,18,19). The predicted molar refractivity (Wildman–Crippen MR) is 78.3 cm³/mol. The van der Waals surface area contributed by atoms with E-state index in [0.717, 1.165) is 31.2 Å². The van der Waals surface area contributed by atoms with E-state index < -0.39 is 5.54 Å². The molecule has 2 N–H and O–H groups in total. The van der Waals surface area contributed by atoms with Gasteiger partial charge < -0.3 is 5.32 Å². The van der Waals surface area contributed by atoms with Crippen LogP contribution >= 0.6 is 0 Å². The van der Waals surface area contributed by atoms with Crippen molar-refractivity contribution in [2.75, 3.05) is 7.05 Å². The smallest absolute Gasteiger partial charge is 0.259 e. The summed E-state index contributed by atoms with van der Waals surface area (Å²) in [7, 11) is 1.62. The summed E-state index contributed by atoms with van der Waals surface area (Å²) in [5.41, 5.74) is -0.144. The molecule has 2 fully saturated rings. The molecule has 112 valence electrons.